The lowest BCUT2D eigenvalue weighted by Crippen LogP contribution is -2.65. The molecule has 5 nitrogen and oxygen atoms in total. The van der Waals surface area contributed by atoms with E-state index in [2.05, 4.69) is 38.5 Å². The molecule has 2 saturated heterocycles. The van der Waals surface area contributed by atoms with Crippen LogP contribution < -0.4 is 0 Å². The van der Waals surface area contributed by atoms with Gasteiger partial charge in [0.25, 0.3) is 0 Å². The van der Waals surface area contributed by atoms with E-state index in [1.165, 1.54) is 6.92 Å². The van der Waals surface area contributed by atoms with Crippen molar-refractivity contribution in [2.45, 2.75) is 70.4 Å². The molecule has 0 saturated carbocycles. The van der Waals surface area contributed by atoms with Gasteiger partial charge < -0.3 is 14.2 Å². The van der Waals surface area contributed by atoms with Gasteiger partial charge in [0.15, 0.2) is 5.79 Å². The first kappa shape index (κ1) is 17.3. The average molecular weight is 309 g/mol. The Hall–Kier alpha value is -1.09. The van der Waals surface area contributed by atoms with E-state index in [0.29, 0.717) is 13.2 Å². The van der Waals surface area contributed by atoms with Crippen LogP contribution in [0.15, 0.2) is 0 Å². The van der Waals surface area contributed by atoms with Crippen molar-refractivity contribution in [2.75, 3.05) is 19.8 Å². The van der Waals surface area contributed by atoms with E-state index in [-0.39, 0.29) is 29.8 Å². The molecular formula is C17H27NO4. The van der Waals surface area contributed by atoms with Crippen molar-refractivity contribution >= 4 is 5.97 Å². The topological polar surface area (TPSA) is 48.0 Å². The number of carbonyl (C=O) groups is 1. The zero-order valence-electron chi connectivity index (χ0n) is 14.3. The third-order valence-electron chi connectivity index (χ3n) is 4.50. The maximum Gasteiger partial charge on any atom is 0.302 e. The largest absolute Gasteiger partial charge is 0.463 e. The van der Waals surface area contributed by atoms with Crippen LogP contribution in [-0.2, 0) is 19.0 Å². The molecule has 1 unspecified atom stereocenters. The Balaban J connectivity index is 2.11. The van der Waals surface area contributed by atoms with Gasteiger partial charge in [-0.05, 0) is 27.7 Å². The molecule has 0 aromatic heterocycles. The molecule has 2 rings (SSSR count). The van der Waals surface area contributed by atoms with E-state index in [4.69, 9.17) is 20.6 Å². The lowest BCUT2D eigenvalue weighted by molar-refractivity contribution is -0.246. The maximum absolute atomic E-state index is 10.9. The molecule has 124 valence electrons. The highest BCUT2D eigenvalue weighted by atomic mass is 16.8. The van der Waals surface area contributed by atoms with Crippen LogP contribution in [0.5, 0.6) is 0 Å². The van der Waals surface area contributed by atoms with Gasteiger partial charge >= 0.3 is 5.97 Å². The number of esters is 1. The molecule has 0 aromatic rings. The predicted octanol–water partition coefficient (Wildman–Crippen LogP) is 1.95. The molecule has 2 aliphatic heterocycles. The van der Waals surface area contributed by atoms with Gasteiger partial charge in [-0.25, -0.2) is 0 Å². The number of likely N-dealkylation sites (tertiary alicyclic amines) is 1. The minimum absolute atomic E-state index is 0.134. The van der Waals surface area contributed by atoms with Crippen LogP contribution in [0.25, 0.3) is 0 Å². The molecule has 5 heteroatoms. The smallest absolute Gasteiger partial charge is 0.302 e. The van der Waals surface area contributed by atoms with Crippen molar-refractivity contribution in [2.24, 2.45) is 0 Å². The van der Waals surface area contributed by atoms with Crippen LogP contribution in [0, 0.1) is 12.3 Å². The van der Waals surface area contributed by atoms with Gasteiger partial charge in [-0.2, -0.15) is 0 Å². The summed E-state index contributed by atoms with van der Waals surface area (Å²) in [5.41, 5.74) is -0.269. The van der Waals surface area contributed by atoms with E-state index in [0.717, 1.165) is 12.8 Å². The SMILES string of the molecule is C#CCN1C(C)(C)CC2(CC1(C)C)OCC(COC(C)=O)O2. The lowest BCUT2D eigenvalue weighted by Gasteiger charge is -2.57. The molecule has 0 amide bonds. The van der Waals surface area contributed by atoms with E-state index in [9.17, 15) is 4.79 Å². The predicted molar refractivity (Wildman–Crippen MR) is 83.1 cm³/mol. The van der Waals surface area contributed by atoms with E-state index >= 15 is 0 Å². The molecular weight excluding hydrogens is 282 g/mol. The fraction of sp³-hybridized carbons (Fsp3) is 0.824. The van der Waals surface area contributed by atoms with Crippen molar-refractivity contribution in [1.29, 1.82) is 0 Å². The molecule has 2 aliphatic rings. The zero-order valence-corrected chi connectivity index (χ0v) is 14.3. The highest BCUT2D eigenvalue weighted by Crippen LogP contribution is 2.48. The van der Waals surface area contributed by atoms with Crippen molar-refractivity contribution in [3.63, 3.8) is 0 Å². The number of piperidine rings is 1. The Morgan fingerprint density at radius 3 is 2.41 bits per heavy atom. The first-order valence-electron chi connectivity index (χ1n) is 7.77. The minimum Gasteiger partial charge on any atom is -0.463 e. The summed E-state index contributed by atoms with van der Waals surface area (Å²) < 4.78 is 17.2. The standard InChI is InChI=1S/C17H27NO4/c1-7-8-18-15(3,4)11-17(12-16(18,5)6)21-10-14(22-17)9-20-13(2)19/h1,14H,8-12H2,2-6H3. The molecule has 0 bridgehead atoms. The molecule has 1 atom stereocenters. The minimum atomic E-state index is -0.622. The molecule has 22 heavy (non-hydrogen) atoms. The highest BCUT2D eigenvalue weighted by molar-refractivity contribution is 5.65. The van der Waals surface area contributed by atoms with Crippen LogP contribution in [-0.4, -0.2) is 53.6 Å². The summed E-state index contributed by atoms with van der Waals surface area (Å²) in [5.74, 6) is 1.84. The average Bonchev–Trinajstić information content (AvgIpc) is 2.73. The number of rotatable bonds is 3. The molecule has 0 aliphatic carbocycles. The highest BCUT2D eigenvalue weighted by Gasteiger charge is 2.56. The molecule has 2 heterocycles. The van der Waals surface area contributed by atoms with E-state index in [1.807, 2.05) is 0 Å². The van der Waals surface area contributed by atoms with Crippen molar-refractivity contribution in [3.05, 3.63) is 0 Å². The van der Waals surface area contributed by atoms with E-state index < -0.39 is 5.79 Å². The first-order valence-corrected chi connectivity index (χ1v) is 7.77. The second-order valence-electron chi connectivity index (χ2n) is 7.53. The number of hydrogen-bond acceptors (Lipinski definition) is 5. The normalized spacial score (nSPS) is 29.2. The van der Waals surface area contributed by atoms with Gasteiger partial charge in [0.1, 0.15) is 12.7 Å². The summed E-state index contributed by atoms with van der Waals surface area (Å²) in [6.45, 7) is 11.4. The van der Waals surface area contributed by atoms with Crippen molar-refractivity contribution in [3.8, 4) is 12.3 Å². The number of carbonyl (C=O) groups excluding carboxylic acids is 1. The number of terminal acetylenes is 1. The maximum atomic E-state index is 10.9. The Morgan fingerprint density at radius 1 is 1.32 bits per heavy atom. The van der Waals surface area contributed by atoms with Crippen LogP contribution >= 0.6 is 0 Å². The summed E-state index contributed by atoms with van der Waals surface area (Å²) in [5, 5.41) is 0. The van der Waals surface area contributed by atoms with Gasteiger partial charge in [-0.15, -0.1) is 6.42 Å². The second-order valence-corrected chi connectivity index (χ2v) is 7.53. The fourth-order valence-corrected chi connectivity index (χ4v) is 4.00. The summed E-state index contributed by atoms with van der Waals surface area (Å²) in [6, 6.07) is 0. The fourth-order valence-electron chi connectivity index (χ4n) is 4.00. The molecule has 0 aromatic carbocycles. The van der Waals surface area contributed by atoms with Gasteiger partial charge in [-0.3, -0.25) is 9.69 Å². The summed E-state index contributed by atoms with van der Waals surface area (Å²) >= 11 is 0. The molecule has 1 spiro atoms. The third-order valence-corrected chi connectivity index (χ3v) is 4.50. The third kappa shape index (κ3) is 3.45. The summed E-state index contributed by atoms with van der Waals surface area (Å²) in [7, 11) is 0. The number of nitrogens with zero attached hydrogens (tertiary/aromatic N) is 1. The van der Waals surface area contributed by atoms with Crippen LogP contribution in [0.4, 0.5) is 0 Å². The quantitative estimate of drug-likeness (QED) is 0.589. The van der Waals surface area contributed by atoms with Crippen LogP contribution in [0.2, 0.25) is 0 Å². The van der Waals surface area contributed by atoms with Gasteiger partial charge in [-0.1, -0.05) is 5.92 Å². The Morgan fingerprint density at radius 2 is 1.91 bits per heavy atom. The molecule has 0 radical (unpaired) electrons. The van der Waals surface area contributed by atoms with Gasteiger partial charge in [0, 0.05) is 30.8 Å². The lowest BCUT2D eigenvalue weighted by atomic mass is 9.76. The Labute approximate surface area is 133 Å². The molecule has 0 N–H and O–H groups in total. The Bertz CT molecular complexity index is 460. The van der Waals surface area contributed by atoms with Gasteiger partial charge in [0.05, 0.1) is 13.2 Å². The van der Waals surface area contributed by atoms with Crippen LogP contribution in [0.1, 0.15) is 47.5 Å². The number of ether oxygens (including phenoxy) is 3. The number of hydrogen-bond donors (Lipinski definition) is 0. The van der Waals surface area contributed by atoms with Crippen molar-refractivity contribution < 1.29 is 19.0 Å². The van der Waals surface area contributed by atoms with Crippen molar-refractivity contribution in [1.82, 2.24) is 4.90 Å². The summed E-state index contributed by atoms with van der Waals surface area (Å²) in [4.78, 5) is 13.3. The Kier molecular flexibility index (Phi) is 4.59. The first-order chi connectivity index (χ1) is 10.1. The monoisotopic (exact) mass is 309 g/mol. The zero-order chi connectivity index (χ0) is 16.6. The summed E-state index contributed by atoms with van der Waals surface area (Å²) in [6.07, 6.45) is 6.81. The molecule has 2 fully saturated rings. The second kappa shape index (κ2) is 5.84. The van der Waals surface area contributed by atoms with E-state index in [1.54, 1.807) is 0 Å². The van der Waals surface area contributed by atoms with Gasteiger partial charge in [0.2, 0.25) is 0 Å². The van der Waals surface area contributed by atoms with Crippen LogP contribution in [0.3, 0.4) is 0 Å².